The van der Waals surface area contributed by atoms with Gasteiger partial charge in [-0.3, -0.25) is 9.20 Å². The van der Waals surface area contributed by atoms with Crippen LogP contribution in [0.5, 0.6) is 0 Å². The zero-order valence-electron chi connectivity index (χ0n) is 16.0. The van der Waals surface area contributed by atoms with Crippen molar-refractivity contribution in [1.29, 1.82) is 0 Å². The monoisotopic (exact) mass is 402 g/mol. The highest BCUT2D eigenvalue weighted by molar-refractivity contribution is 6.09. The minimum Gasteiger partial charge on any atom is -0.393 e. The third-order valence-electron chi connectivity index (χ3n) is 5.61. The lowest BCUT2D eigenvalue weighted by Crippen LogP contribution is -2.27. The Kier molecular flexibility index (Phi) is 4.33. The van der Waals surface area contributed by atoms with E-state index in [1.165, 1.54) is 6.07 Å². The number of imidazole rings is 1. The largest absolute Gasteiger partial charge is 0.393 e. The highest BCUT2D eigenvalue weighted by Crippen LogP contribution is 2.40. The molecule has 0 atom stereocenters. The Morgan fingerprint density at radius 1 is 1.13 bits per heavy atom. The number of aliphatic hydroxyl groups is 1. The molecule has 0 aliphatic heterocycles. The number of hydrogen-bond donors (Lipinski definition) is 2. The standard InChI is InChI=1S/C23H19FN4O2/c24-18-12-14(21(30)13-4-2-1-3-5-13)6-7-17(18)19-20-22(25)26-8-9-28(20)23(27-19)15-10-16(29)11-15/h1-9,12,15-16,29H,10-11H2,(H2,25,26). The average molecular weight is 402 g/mol. The van der Waals surface area contributed by atoms with Crippen molar-refractivity contribution in [2.24, 2.45) is 0 Å². The number of halogens is 1. The number of aromatic nitrogens is 3. The van der Waals surface area contributed by atoms with E-state index in [1.807, 2.05) is 10.5 Å². The third kappa shape index (κ3) is 2.95. The van der Waals surface area contributed by atoms with E-state index in [-0.39, 0.29) is 34.7 Å². The van der Waals surface area contributed by atoms with Gasteiger partial charge in [0.1, 0.15) is 28.7 Å². The molecule has 2 heterocycles. The highest BCUT2D eigenvalue weighted by Gasteiger charge is 2.33. The number of anilines is 1. The summed E-state index contributed by atoms with van der Waals surface area (Å²) in [5.41, 5.74) is 8.02. The molecule has 1 fully saturated rings. The van der Waals surface area contributed by atoms with Crippen LogP contribution in [0, 0.1) is 5.82 Å². The van der Waals surface area contributed by atoms with E-state index in [0.29, 0.717) is 29.6 Å². The van der Waals surface area contributed by atoms with E-state index in [2.05, 4.69) is 9.97 Å². The number of fused-ring (bicyclic) bond motifs is 1. The first-order valence-electron chi connectivity index (χ1n) is 9.73. The lowest BCUT2D eigenvalue weighted by Gasteiger charge is -2.30. The fraction of sp³-hybridized carbons (Fsp3) is 0.174. The normalized spacial score (nSPS) is 18.3. The van der Waals surface area contributed by atoms with Crippen LogP contribution >= 0.6 is 0 Å². The number of nitrogens with zero attached hydrogens (tertiary/aromatic N) is 3. The van der Waals surface area contributed by atoms with Crippen molar-refractivity contribution in [2.75, 3.05) is 5.73 Å². The van der Waals surface area contributed by atoms with E-state index in [0.717, 1.165) is 5.82 Å². The van der Waals surface area contributed by atoms with Gasteiger partial charge in [-0.1, -0.05) is 36.4 Å². The third-order valence-corrected chi connectivity index (χ3v) is 5.61. The van der Waals surface area contributed by atoms with Crippen molar-refractivity contribution < 1.29 is 14.3 Å². The van der Waals surface area contributed by atoms with Gasteiger partial charge in [-0.05, 0) is 25.0 Å². The molecule has 2 aromatic heterocycles. The number of carbonyl (C=O) groups is 1. The molecule has 1 aliphatic carbocycles. The fourth-order valence-corrected chi connectivity index (χ4v) is 3.97. The second kappa shape index (κ2) is 7.03. The number of hydrogen-bond acceptors (Lipinski definition) is 5. The lowest BCUT2D eigenvalue weighted by molar-refractivity contribution is 0.0715. The summed E-state index contributed by atoms with van der Waals surface area (Å²) in [4.78, 5) is 21.5. The maximum atomic E-state index is 15.1. The van der Waals surface area contributed by atoms with E-state index in [4.69, 9.17) is 5.73 Å². The molecule has 6 nitrogen and oxygen atoms in total. The molecule has 0 bridgehead atoms. The Morgan fingerprint density at radius 3 is 2.60 bits per heavy atom. The van der Waals surface area contributed by atoms with Crippen LogP contribution in [0.3, 0.4) is 0 Å². The molecule has 2 aromatic carbocycles. The number of benzene rings is 2. The topological polar surface area (TPSA) is 93.5 Å². The van der Waals surface area contributed by atoms with Gasteiger partial charge in [-0.2, -0.15) is 0 Å². The quantitative estimate of drug-likeness (QED) is 0.509. The zero-order chi connectivity index (χ0) is 20.8. The van der Waals surface area contributed by atoms with Crippen LogP contribution in [0.25, 0.3) is 16.8 Å². The second-order valence-electron chi connectivity index (χ2n) is 7.56. The maximum Gasteiger partial charge on any atom is 0.193 e. The van der Waals surface area contributed by atoms with Gasteiger partial charge in [0.2, 0.25) is 0 Å². The molecule has 1 aliphatic rings. The van der Waals surface area contributed by atoms with Crippen LogP contribution in [0.4, 0.5) is 10.2 Å². The fourth-order valence-electron chi connectivity index (χ4n) is 3.97. The van der Waals surface area contributed by atoms with Crippen molar-refractivity contribution in [3.8, 4) is 11.3 Å². The molecule has 0 amide bonds. The van der Waals surface area contributed by atoms with Crippen LogP contribution in [0.1, 0.15) is 40.5 Å². The number of aliphatic hydroxyl groups excluding tert-OH is 1. The molecule has 5 rings (SSSR count). The Labute approximate surface area is 171 Å². The number of nitrogen functional groups attached to an aromatic ring is 1. The molecule has 1 saturated carbocycles. The summed E-state index contributed by atoms with van der Waals surface area (Å²) in [5.74, 6) is 0.240. The molecular weight excluding hydrogens is 383 g/mol. The molecule has 7 heteroatoms. The van der Waals surface area contributed by atoms with Gasteiger partial charge in [-0.15, -0.1) is 0 Å². The van der Waals surface area contributed by atoms with Crippen LogP contribution in [0.2, 0.25) is 0 Å². The molecule has 3 N–H and O–H groups in total. The van der Waals surface area contributed by atoms with Crippen LogP contribution in [-0.4, -0.2) is 31.4 Å². The van der Waals surface area contributed by atoms with Crippen molar-refractivity contribution in [3.05, 3.63) is 83.7 Å². The first-order chi connectivity index (χ1) is 14.5. The van der Waals surface area contributed by atoms with Gasteiger partial charge < -0.3 is 10.8 Å². The van der Waals surface area contributed by atoms with E-state index >= 15 is 4.39 Å². The summed E-state index contributed by atoms with van der Waals surface area (Å²) in [6, 6.07) is 13.1. The van der Waals surface area contributed by atoms with Crippen LogP contribution in [0.15, 0.2) is 60.9 Å². The average Bonchev–Trinajstić information content (AvgIpc) is 3.11. The van der Waals surface area contributed by atoms with E-state index < -0.39 is 5.82 Å². The highest BCUT2D eigenvalue weighted by atomic mass is 19.1. The van der Waals surface area contributed by atoms with Crippen LogP contribution < -0.4 is 5.73 Å². The summed E-state index contributed by atoms with van der Waals surface area (Å²) in [5, 5.41) is 9.68. The summed E-state index contributed by atoms with van der Waals surface area (Å²) < 4.78 is 17.0. The van der Waals surface area contributed by atoms with Gasteiger partial charge in [-0.25, -0.2) is 14.4 Å². The second-order valence-corrected chi connectivity index (χ2v) is 7.56. The zero-order valence-corrected chi connectivity index (χ0v) is 16.0. The lowest BCUT2D eigenvalue weighted by atomic mass is 9.82. The molecular formula is C23H19FN4O2. The van der Waals surface area contributed by atoms with Crippen molar-refractivity contribution >= 4 is 17.1 Å². The summed E-state index contributed by atoms with van der Waals surface area (Å²) >= 11 is 0. The first-order valence-corrected chi connectivity index (χ1v) is 9.73. The molecule has 0 saturated heterocycles. The number of ketones is 1. The van der Waals surface area contributed by atoms with Gasteiger partial charge in [0.05, 0.1) is 6.10 Å². The predicted octanol–water partition coefficient (Wildman–Crippen LogP) is 3.59. The minimum absolute atomic E-state index is 0.0741. The van der Waals surface area contributed by atoms with Gasteiger partial charge in [0.15, 0.2) is 5.78 Å². The van der Waals surface area contributed by atoms with Crippen molar-refractivity contribution in [1.82, 2.24) is 14.4 Å². The summed E-state index contributed by atoms with van der Waals surface area (Å²) in [6.07, 6.45) is 4.18. The number of nitrogens with two attached hydrogens (primary N) is 1. The molecule has 0 unspecified atom stereocenters. The summed E-state index contributed by atoms with van der Waals surface area (Å²) in [7, 11) is 0. The van der Waals surface area contributed by atoms with Gasteiger partial charge >= 0.3 is 0 Å². The Morgan fingerprint density at radius 2 is 1.90 bits per heavy atom. The minimum atomic E-state index is -0.555. The van der Waals surface area contributed by atoms with Crippen molar-refractivity contribution in [3.63, 3.8) is 0 Å². The Hall–Kier alpha value is -3.58. The predicted molar refractivity (Wildman–Crippen MR) is 111 cm³/mol. The molecule has 150 valence electrons. The number of carbonyl (C=O) groups excluding carboxylic acids is 1. The summed E-state index contributed by atoms with van der Waals surface area (Å²) in [6.45, 7) is 0. The van der Waals surface area contributed by atoms with Crippen LogP contribution in [-0.2, 0) is 0 Å². The molecule has 4 aromatic rings. The SMILES string of the molecule is Nc1nccn2c(C3CC(O)C3)nc(-c3ccc(C(=O)c4ccccc4)cc3F)c12. The molecule has 0 spiro atoms. The van der Waals surface area contributed by atoms with E-state index in [1.54, 1.807) is 48.8 Å². The Balaban J connectivity index is 1.60. The molecule has 30 heavy (non-hydrogen) atoms. The maximum absolute atomic E-state index is 15.1. The number of rotatable bonds is 4. The first kappa shape index (κ1) is 18.4. The molecule has 0 radical (unpaired) electrons. The van der Waals surface area contributed by atoms with Crippen molar-refractivity contribution in [2.45, 2.75) is 24.9 Å². The Bertz CT molecular complexity index is 1260. The van der Waals surface area contributed by atoms with Gasteiger partial charge in [0.25, 0.3) is 0 Å². The van der Waals surface area contributed by atoms with E-state index in [9.17, 15) is 9.90 Å². The van der Waals surface area contributed by atoms with Gasteiger partial charge in [0, 0.05) is 35.0 Å². The smallest absolute Gasteiger partial charge is 0.193 e.